The fourth-order valence-electron chi connectivity index (χ4n) is 3.73. The molecule has 0 spiro atoms. The minimum atomic E-state index is -4.51. The van der Waals surface area contributed by atoms with E-state index in [1.807, 2.05) is 19.1 Å². The molecule has 0 fully saturated rings. The van der Waals surface area contributed by atoms with Crippen molar-refractivity contribution in [3.05, 3.63) is 77.0 Å². The second-order valence-electron chi connectivity index (χ2n) is 7.99. The smallest absolute Gasteiger partial charge is 0.416 e. The summed E-state index contributed by atoms with van der Waals surface area (Å²) in [5, 5.41) is 0.490. The van der Waals surface area contributed by atoms with Gasteiger partial charge in [0, 0.05) is 28.4 Å². The first-order valence-corrected chi connectivity index (χ1v) is 11.3. The fraction of sp³-hybridized carbons (Fsp3) is 0.280. The maximum Gasteiger partial charge on any atom is 0.416 e. The van der Waals surface area contributed by atoms with Gasteiger partial charge in [-0.25, -0.2) is 10.9 Å². The van der Waals surface area contributed by atoms with Crippen molar-refractivity contribution in [1.29, 1.82) is 0 Å². The van der Waals surface area contributed by atoms with Gasteiger partial charge in [0.25, 0.3) is 11.8 Å². The Hall–Kier alpha value is -3.30. The van der Waals surface area contributed by atoms with Gasteiger partial charge < -0.3 is 9.72 Å². The zero-order valence-corrected chi connectivity index (χ0v) is 19.9. The number of aryl methyl sites for hydroxylation is 1. The number of carbonyl (C=O) groups is 2. The number of nitrogens with zero attached hydrogens (tertiary/aromatic N) is 1. The zero-order chi connectivity index (χ0) is 25.8. The van der Waals surface area contributed by atoms with Crippen LogP contribution in [0.25, 0.3) is 11.3 Å². The highest BCUT2D eigenvalue weighted by atomic mass is 35.5. The standard InChI is InChI=1S/C25H25ClF3N3O3/c1-15-5-12-21(31-15)20-11-8-17(14-22(20)35-2)23(33)32(30)24(34)19(4-3-13-26)16-6-9-18(10-7-16)25(27,28)29/h5-12,14,19,31H,3-4,13,30H2,1-2H3. The first kappa shape index (κ1) is 26.3. The topological polar surface area (TPSA) is 88.4 Å². The van der Waals surface area contributed by atoms with Crippen LogP contribution in [-0.2, 0) is 11.0 Å². The van der Waals surface area contributed by atoms with Crippen molar-refractivity contribution in [2.75, 3.05) is 13.0 Å². The molecule has 3 rings (SSSR count). The Bertz CT molecular complexity index is 1190. The van der Waals surface area contributed by atoms with Crippen LogP contribution in [0.1, 0.15) is 45.9 Å². The van der Waals surface area contributed by atoms with Crippen LogP contribution in [0, 0.1) is 6.92 Å². The Morgan fingerprint density at radius 1 is 1.11 bits per heavy atom. The SMILES string of the molecule is COc1cc(C(=O)N(N)C(=O)C(CCCCl)c2ccc(C(F)(F)F)cc2)ccc1-c1ccc(C)[nH]1. The van der Waals surface area contributed by atoms with E-state index < -0.39 is 29.5 Å². The molecule has 0 aliphatic heterocycles. The Kier molecular flexibility index (Phi) is 8.24. The predicted octanol–water partition coefficient (Wildman–Crippen LogP) is 5.66. The number of aromatic amines is 1. The van der Waals surface area contributed by atoms with Crippen LogP contribution in [-0.4, -0.2) is 34.8 Å². The largest absolute Gasteiger partial charge is 0.496 e. The first-order chi connectivity index (χ1) is 16.6. The number of amides is 2. The Morgan fingerprint density at radius 3 is 2.34 bits per heavy atom. The highest BCUT2D eigenvalue weighted by molar-refractivity contribution is 6.17. The molecule has 3 aromatic rings. The third-order valence-corrected chi connectivity index (χ3v) is 5.86. The highest BCUT2D eigenvalue weighted by Crippen LogP contribution is 2.33. The Balaban J connectivity index is 1.87. The van der Waals surface area contributed by atoms with Crippen LogP contribution in [0.2, 0.25) is 0 Å². The van der Waals surface area contributed by atoms with Gasteiger partial charge in [-0.1, -0.05) is 12.1 Å². The molecule has 1 aromatic heterocycles. The third-order valence-electron chi connectivity index (χ3n) is 5.59. The van der Waals surface area contributed by atoms with Gasteiger partial charge in [0.1, 0.15) is 5.75 Å². The Labute approximate surface area is 205 Å². The summed E-state index contributed by atoms with van der Waals surface area (Å²) in [6.45, 7) is 1.91. The number of hydrazine groups is 1. The van der Waals surface area contributed by atoms with E-state index in [0.29, 0.717) is 22.7 Å². The van der Waals surface area contributed by atoms with Gasteiger partial charge in [0.2, 0.25) is 0 Å². The van der Waals surface area contributed by atoms with Gasteiger partial charge in [-0.05, 0) is 67.8 Å². The number of halogens is 4. The van der Waals surface area contributed by atoms with E-state index in [1.165, 1.54) is 31.4 Å². The average Bonchev–Trinajstić information content (AvgIpc) is 3.28. The number of aromatic nitrogens is 1. The molecule has 1 heterocycles. The van der Waals surface area contributed by atoms with Gasteiger partial charge >= 0.3 is 6.18 Å². The minimum Gasteiger partial charge on any atom is -0.496 e. The zero-order valence-electron chi connectivity index (χ0n) is 19.2. The quantitative estimate of drug-likeness (QED) is 0.178. The molecule has 0 saturated heterocycles. The van der Waals surface area contributed by atoms with E-state index in [4.69, 9.17) is 22.2 Å². The molecule has 0 aliphatic rings. The monoisotopic (exact) mass is 507 g/mol. The lowest BCUT2D eigenvalue weighted by Crippen LogP contribution is -2.45. The highest BCUT2D eigenvalue weighted by Gasteiger charge is 2.32. The number of ether oxygens (including phenoxy) is 1. The number of hydrogen-bond donors (Lipinski definition) is 2. The van der Waals surface area contributed by atoms with Crippen molar-refractivity contribution >= 4 is 23.4 Å². The Morgan fingerprint density at radius 2 is 1.80 bits per heavy atom. The number of nitrogens with one attached hydrogen (secondary N) is 1. The molecule has 1 atom stereocenters. The van der Waals surface area contributed by atoms with Gasteiger partial charge in [-0.2, -0.15) is 13.2 Å². The molecule has 0 saturated carbocycles. The van der Waals surface area contributed by atoms with Crippen LogP contribution < -0.4 is 10.6 Å². The molecule has 6 nitrogen and oxygen atoms in total. The van der Waals surface area contributed by atoms with Crippen molar-refractivity contribution in [2.24, 2.45) is 5.84 Å². The van der Waals surface area contributed by atoms with E-state index in [2.05, 4.69) is 4.98 Å². The van der Waals surface area contributed by atoms with Crippen molar-refractivity contribution in [1.82, 2.24) is 9.99 Å². The lowest BCUT2D eigenvalue weighted by atomic mass is 9.92. The van der Waals surface area contributed by atoms with E-state index in [-0.39, 0.29) is 17.9 Å². The summed E-state index contributed by atoms with van der Waals surface area (Å²) in [7, 11) is 1.46. The summed E-state index contributed by atoms with van der Waals surface area (Å²) >= 11 is 5.77. The summed E-state index contributed by atoms with van der Waals surface area (Å²) in [4.78, 5) is 29.4. The van der Waals surface area contributed by atoms with E-state index in [1.54, 1.807) is 6.07 Å². The van der Waals surface area contributed by atoms with Crippen molar-refractivity contribution < 1.29 is 27.5 Å². The van der Waals surface area contributed by atoms with E-state index in [9.17, 15) is 22.8 Å². The molecular formula is C25H25ClF3N3O3. The van der Waals surface area contributed by atoms with Gasteiger partial charge in [-0.3, -0.25) is 9.59 Å². The molecule has 0 bridgehead atoms. The number of nitrogens with two attached hydrogens (primary N) is 1. The number of methoxy groups -OCH3 is 1. The number of hydrogen-bond acceptors (Lipinski definition) is 4. The normalized spacial score (nSPS) is 12.3. The summed E-state index contributed by atoms with van der Waals surface area (Å²) in [5.41, 5.74) is 2.06. The molecule has 2 amide bonds. The summed E-state index contributed by atoms with van der Waals surface area (Å²) in [5.74, 6) is 4.10. The predicted molar refractivity (Wildman–Crippen MR) is 127 cm³/mol. The number of rotatable bonds is 8. The van der Waals surface area contributed by atoms with E-state index in [0.717, 1.165) is 29.1 Å². The van der Waals surface area contributed by atoms with E-state index >= 15 is 0 Å². The number of imide groups is 1. The summed E-state index contributed by atoms with van der Waals surface area (Å²) in [6.07, 6.45) is -3.89. The second kappa shape index (κ2) is 11.0. The number of alkyl halides is 4. The van der Waals surface area contributed by atoms with Crippen molar-refractivity contribution in [2.45, 2.75) is 31.9 Å². The van der Waals surface area contributed by atoms with Gasteiger partial charge in [0.05, 0.1) is 18.6 Å². The van der Waals surface area contributed by atoms with Crippen LogP contribution in [0.3, 0.4) is 0 Å². The summed E-state index contributed by atoms with van der Waals surface area (Å²) < 4.78 is 44.2. The molecule has 2 aromatic carbocycles. The van der Waals surface area contributed by atoms with Gasteiger partial charge in [0.15, 0.2) is 0 Å². The number of carbonyl (C=O) groups excluding carboxylic acids is 2. The molecule has 10 heteroatoms. The maximum absolute atomic E-state index is 13.2. The average molecular weight is 508 g/mol. The fourth-order valence-corrected chi connectivity index (χ4v) is 3.89. The van der Waals surface area contributed by atoms with Gasteiger partial charge in [-0.15, -0.1) is 11.6 Å². The molecule has 35 heavy (non-hydrogen) atoms. The van der Waals surface area contributed by atoms with Crippen LogP contribution in [0.15, 0.2) is 54.6 Å². The molecule has 3 N–H and O–H groups in total. The molecule has 0 aliphatic carbocycles. The second-order valence-corrected chi connectivity index (χ2v) is 8.37. The van der Waals surface area contributed by atoms with Crippen molar-refractivity contribution in [3.63, 3.8) is 0 Å². The molecule has 0 radical (unpaired) electrons. The molecule has 186 valence electrons. The van der Waals surface area contributed by atoms with Crippen LogP contribution in [0.5, 0.6) is 5.75 Å². The number of benzene rings is 2. The van der Waals surface area contributed by atoms with Crippen LogP contribution in [0.4, 0.5) is 13.2 Å². The van der Waals surface area contributed by atoms with Crippen molar-refractivity contribution in [3.8, 4) is 17.0 Å². The first-order valence-electron chi connectivity index (χ1n) is 10.8. The maximum atomic E-state index is 13.2. The van der Waals surface area contributed by atoms with Crippen LogP contribution >= 0.6 is 11.6 Å². The minimum absolute atomic E-state index is 0.119. The lowest BCUT2D eigenvalue weighted by molar-refractivity contribution is -0.137. The number of H-pyrrole nitrogens is 1. The third kappa shape index (κ3) is 6.04. The molecular weight excluding hydrogens is 483 g/mol. The molecule has 1 unspecified atom stereocenters. The lowest BCUT2D eigenvalue weighted by Gasteiger charge is -2.23. The summed E-state index contributed by atoms with van der Waals surface area (Å²) in [6, 6.07) is 12.7.